The standard InChI is InChI=1S/C31H32N7O2S/c1-18-25(15-20-11-13-21(14-12-20)23-9-7-8-10-24(23)28-33-35-36-34-28)29(39)37(19(2)32-18)17-22-16-26-27(41-22)31(5,6)38(40)30(26,3)4/h7-14,16H,15,17H2,1-6H3,(H,33,34,35,36). The highest BCUT2D eigenvalue weighted by Gasteiger charge is 2.51. The highest BCUT2D eigenvalue weighted by molar-refractivity contribution is 7.12. The zero-order valence-electron chi connectivity index (χ0n) is 24.0. The van der Waals surface area contributed by atoms with Crippen molar-refractivity contribution >= 4 is 11.3 Å². The molecule has 0 unspecified atom stereocenters. The molecule has 6 rings (SSSR count). The van der Waals surface area contributed by atoms with Gasteiger partial charge in [-0.05, 0) is 75.1 Å². The minimum atomic E-state index is -0.609. The van der Waals surface area contributed by atoms with Gasteiger partial charge in [-0.1, -0.05) is 48.5 Å². The Hall–Kier alpha value is -3.99. The van der Waals surface area contributed by atoms with Gasteiger partial charge >= 0.3 is 0 Å². The smallest absolute Gasteiger partial charge is 0.257 e. The fourth-order valence-electron chi connectivity index (χ4n) is 5.92. The van der Waals surface area contributed by atoms with E-state index in [0.717, 1.165) is 43.3 Å². The lowest BCUT2D eigenvalue weighted by Crippen LogP contribution is -2.41. The van der Waals surface area contributed by atoms with Gasteiger partial charge in [0.25, 0.3) is 5.56 Å². The Bertz CT molecular complexity index is 1770. The van der Waals surface area contributed by atoms with Crippen LogP contribution in [0.15, 0.2) is 59.4 Å². The second-order valence-electron chi connectivity index (χ2n) is 11.6. The number of hydrogen-bond donors (Lipinski definition) is 1. The maximum absolute atomic E-state index is 13.8. The molecule has 1 radical (unpaired) electrons. The monoisotopic (exact) mass is 566 g/mol. The van der Waals surface area contributed by atoms with Gasteiger partial charge in [-0.15, -0.1) is 31.8 Å². The fourth-order valence-corrected chi connectivity index (χ4v) is 7.31. The number of fused-ring (bicyclic) bond motifs is 1. The van der Waals surface area contributed by atoms with Gasteiger partial charge < -0.3 is 0 Å². The van der Waals surface area contributed by atoms with Crippen LogP contribution in [-0.4, -0.2) is 35.2 Å². The molecule has 1 aliphatic rings. The number of aromatic nitrogens is 6. The first-order valence-corrected chi connectivity index (χ1v) is 14.4. The molecule has 0 saturated heterocycles. The van der Waals surface area contributed by atoms with Crippen molar-refractivity contribution in [2.24, 2.45) is 0 Å². The van der Waals surface area contributed by atoms with Crippen molar-refractivity contribution < 1.29 is 5.21 Å². The molecule has 0 spiro atoms. The van der Waals surface area contributed by atoms with Crippen molar-refractivity contribution in [2.75, 3.05) is 0 Å². The van der Waals surface area contributed by atoms with Gasteiger partial charge in [0, 0.05) is 33.0 Å². The van der Waals surface area contributed by atoms with E-state index in [0.29, 0.717) is 30.2 Å². The molecule has 9 nitrogen and oxygen atoms in total. The zero-order valence-corrected chi connectivity index (χ0v) is 24.8. The first kappa shape index (κ1) is 27.2. The molecule has 0 atom stereocenters. The number of rotatable bonds is 6. The van der Waals surface area contributed by atoms with Gasteiger partial charge in [0.1, 0.15) is 5.82 Å². The molecule has 209 valence electrons. The van der Waals surface area contributed by atoms with Gasteiger partial charge in [-0.25, -0.2) is 4.98 Å². The Morgan fingerprint density at radius 2 is 1.66 bits per heavy atom. The second-order valence-corrected chi connectivity index (χ2v) is 12.8. The maximum atomic E-state index is 13.8. The average molecular weight is 567 g/mol. The summed E-state index contributed by atoms with van der Waals surface area (Å²) in [6, 6.07) is 18.2. The summed E-state index contributed by atoms with van der Waals surface area (Å²) in [5, 5.41) is 28.6. The van der Waals surface area contributed by atoms with Crippen molar-refractivity contribution in [1.29, 1.82) is 0 Å². The lowest BCUT2D eigenvalue weighted by molar-refractivity contribution is -0.265. The zero-order chi connectivity index (χ0) is 29.1. The van der Waals surface area contributed by atoms with Gasteiger partial charge in [-0.2, -0.15) is 5.21 Å². The van der Waals surface area contributed by atoms with E-state index in [1.54, 1.807) is 15.9 Å². The number of hydrogen-bond acceptors (Lipinski definition) is 7. The van der Waals surface area contributed by atoms with Crippen molar-refractivity contribution in [3.63, 3.8) is 0 Å². The number of tetrazole rings is 1. The van der Waals surface area contributed by atoms with Crippen molar-refractivity contribution in [2.45, 2.75) is 65.6 Å². The minimum Gasteiger partial charge on any atom is -0.291 e. The van der Waals surface area contributed by atoms with E-state index in [1.807, 2.05) is 77.9 Å². The normalized spacial score (nSPS) is 15.8. The highest BCUT2D eigenvalue weighted by atomic mass is 32.1. The van der Waals surface area contributed by atoms with Crippen molar-refractivity contribution in [1.82, 2.24) is 35.2 Å². The Balaban J connectivity index is 1.29. The molecule has 4 heterocycles. The largest absolute Gasteiger partial charge is 0.291 e. The highest BCUT2D eigenvalue weighted by Crippen LogP contribution is 2.51. The third kappa shape index (κ3) is 4.52. The van der Waals surface area contributed by atoms with Gasteiger partial charge in [-0.3, -0.25) is 9.36 Å². The van der Waals surface area contributed by atoms with Gasteiger partial charge in [0.15, 0.2) is 0 Å². The summed E-state index contributed by atoms with van der Waals surface area (Å²) in [6.07, 6.45) is 0.483. The number of benzene rings is 2. The summed E-state index contributed by atoms with van der Waals surface area (Å²) in [7, 11) is 0. The molecular formula is C31H32N7O2S. The number of nitrogens with one attached hydrogen (secondary N) is 1. The molecule has 1 aliphatic heterocycles. The van der Waals surface area contributed by atoms with E-state index in [-0.39, 0.29) is 5.56 Å². The predicted molar refractivity (Wildman–Crippen MR) is 158 cm³/mol. The van der Waals surface area contributed by atoms with E-state index in [1.165, 1.54) is 5.06 Å². The molecule has 0 saturated carbocycles. The molecule has 0 fully saturated rings. The summed E-state index contributed by atoms with van der Waals surface area (Å²) < 4.78 is 1.76. The van der Waals surface area contributed by atoms with E-state index < -0.39 is 11.1 Å². The van der Waals surface area contributed by atoms with Crippen molar-refractivity contribution in [3.05, 3.63) is 103 Å². The third-order valence-corrected chi connectivity index (χ3v) is 9.58. The van der Waals surface area contributed by atoms with E-state index in [4.69, 9.17) is 4.98 Å². The first-order valence-electron chi connectivity index (χ1n) is 13.6. The molecule has 10 heteroatoms. The second kappa shape index (κ2) is 9.83. The summed E-state index contributed by atoms with van der Waals surface area (Å²) in [5.41, 5.74) is 5.19. The molecule has 0 bridgehead atoms. The number of H-pyrrole nitrogens is 1. The summed E-state index contributed by atoms with van der Waals surface area (Å²) >= 11 is 1.62. The Morgan fingerprint density at radius 3 is 2.32 bits per heavy atom. The third-order valence-electron chi connectivity index (χ3n) is 8.15. The van der Waals surface area contributed by atoms with E-state index in [9.17, 15) is 10.0 Å². The van der Waals surface area contributed by atoms with Crippen LogP contribution >= 0.6 is 11.3 Å². The summed E-state index contributed by atoms with van der Waals surface area (Å²) in [5.74, 6) is 1.22. The molecule has 1 N–H and O–H groups in total. The molecule has 5 aromatic rings. The van der Waals surface area contributed by atoms with Crippen LogP contribution in [0.1, 0.15) is 65.7 Å². The van der Waals surface area contributed by atoms with Crippen LogP contribution < -0.4 is 5.56 Å². The molecule has 2 aromatic carbocycles. The Morgan fingerprint density at radius 1 is 0.951 bits per heavy atom. The van der Waals surface area contributed by atoms with Crippen LogP contribution in [0.2, 0.25) is 0 Å². The number of nitrogens with zero attached hydrogens (tertiary/aromatic N) is 6. The lowest BCUT2D eigenvalue weighted by atomic mass is 9.96. The van der Waals surface area contributed by atoms with Crippen LogP contribution in [0.5, 0.6) is 0 Å². The quantitative estimate of drug-likeness (QED) is 0.289. The van der Waals surface area contributed by atoms with Crippen molar-refractivity contribution in [3.8, 4) is 22.5 Å². The lowest BCUT2D eigenvalue weighted by Gasteiger charge is -2.32. The number of thiophene rings is 1. The number of hydroxylamine groups is 2. The summed E-state index contributed by atoms with van der Waals surface area (Å²) in [4.78, 5) is 20.7. The fraction of sp³-hybridized carbons (Fsp3) is 0.323. The molecule has 3 aromatic heterocycles. The van der Waals surface area contributed by atoms with Crippen LogP contribution in [0.3, 0.4) is 0 Å². The average Bonchev–Trinajstić information content (AvgIpc) is 3.67. The molecule has 41 heavy (non-hydrogen) atoms. The Labute approximate surface area is 242 Å². The SMILES string of the molecule is Cc1nc(C)n(Cc2cc3c(s2)C(C)(C)N([O])C3(C)C)c(=O)c1Cc1ccc(-c2ccccc2-c2nn[nH]n2)cc1. The Kier molecular flexibility index (Phi) is 6.52. The number of aryl methyl sites for hydroxylation is 2. The van der Waals surface area contributed by atoms with Crippen LogP contribution in [0, 0.1) is 13.8 Å². The first-order chi connectivity index (χ1) is 19.5. The predicted octanol–water partition coefficient (Wildman–Crippen LogP) is 5.54. The van der Waals surface area contributed by atoms with Gasteiger partial charge in [0.05, 0.1) is 17.6 Å². The minimum absolute atomic E-state index is 0.0286. The van der Waals surface area contributed by atoms with E-state index in [2.05, 4.69) is 38.8 Å². The number of aromatic amines is 1. The molecule has 0 amide bonds. The molecular weight excluding hydrogens is 534 g/mol. The van der Waals surface area contributed by atoms with Crippen LogP contribution in [-0.2, 0) is 29.3 Å². The maximum Gasteiger partial charge on any atom is 0.257 e. The van der Waals surface area contributed by atoms with E-state index >= 15 is 0 Å². The molecule has 0 aliphatic carbocycles. The van der Waals surface area contributed by atoms with Crippen LogP contribution in [0.4, 0.5) is 0 Å². The van der Waals surface area contributed by atoms with Crippen LogP contribution in [0.25, 0.3) is 22.5 Å². The topological polar surface area (TPSA) is 112 Å². The van der Waals surface area contributed by atoms with Gasteiger partial charge in [0.2, 0.25) is 5.82 Å². The summed E-state index contributed by atoms with van der Waals surface area (Å²) in [6.45, 7) is 12.1.